The van der Waals surface area contributed by atoms with Crippen molar-refractivity contribution in [2.24, 2.45) is 11.8 Å². The van der Waals surface area contributed by atoms with Gasteiger partial charge in [-0.2, -0.15) is 0 Å². The van der Waals surface area contributed by atoms with Crippen molar-refractivity contribution in [2.45, 2.75) is 39.2 Å². The maximum absolute atomic E-state index is 13.3. The van der Waals surface area contributed by atoms with Crippen molar-refractivity contribution < 1.29 is 19.5 Å². The molecule has 3 N–H and O–H groups in total. The molecular formula is C25H28N2O4. The standard InChI is InChI=1S/C25H28N2O4/c1-14-6-5-9-20(15(14)2)27-25(31)19-11-10-18-21(22(19)26-12-13-28)24(30)17-8-4-3-7-16(17)23(18)29/h3-4,7-8,10-11,14-15,20,26,28H,5-6,9,12-13H2,1-2H3,(H,27,31)/t14-,15-,20+/m0/s1. The first kappa shape index (κ1) is 21.2. The zero-order valence-electron chi connectivity index (χ0n) is 17.9. The lowest BCUT2D eigenvalue weighted by molar-refractivity contribution is 0.0891. The van der Waals surface area contributed by atoms with E-state index in [2.05, 4.69) is 24.5 Å². The van der Waals surface area contributed by atoms with Crippen LogP contribution in [0.4, 0.5) is 5.69 Å². The number of hydrogen-bond donors (Lipinski definition) is 3. The summed E-state index contributed by atoms with van der Waals surface area (Å²) in [5.41, 5.74) is 1.82. The van der Waals surface area contributed by atoms with Crippen molar-refractivity contribution >= 4 is 23.2 Å². The monoisotopic (exact) mass is 420 g/mol. The second-order valence-electron chi connectivity index (χ2n) is 8.61. The fourth-order valence-corrected chi connectivity index (χ4v) is 4.77. The van der Waals surface area contributed by atoms with Crippen molar-refractivity contribution in [1.82, 2.24) is 5.32 Å². The number of carbonyl (C=O) groups is 3. The van der Waals surface area contributed by atoms with Gasteiger partial charge in [0.05, 0.1) is 23.4 Å². The van der Waals surface area contributed by atoms with Crippen LogP contribution in [-0.4, -0.2) is 41.8 Å². The minimum absolute atomic E-state index is 0.0658. The minimum atomic E-state index is -0.292. The van der Waals surface area contributed by atoms with Gasteiger partial charge < -0.3 is 15.7 Å². The average molecular weight is 421 g/mol. The molecule has 6 heteroatoms. The molecule has 0 aliphatic heterocycles. The highest BCUT2D eigenvalue weighted by atomic mass is 16.3. The summed E-state index contributed by atoms with van der Waals surface area (Å²) in [7, 11) is 0. The molecule has 1 fully saturated rings. The number of nitrogens with one attached hydrogen (secondary N) is 2. The van der Waals surface area contributed by atoms with Gasteiger partial charge in [-0.25, -0.2) is 0 Å². The van der Waals surface area contributed by atoms with Crippen LogP contribution in [0.25, 0.3) is 0 Å². The Morgan fingerprint density at radius 1 is 1.00 bits per heavy atom. The molecule has 31 heavy (non-hydrogen) atoms. The maximum atomic E-state index is 13.3. The molecule has 0 radical (unpaired) electrons. The predicted molar refractivity (Wildman–Crippen MR) is 119 cm³/mol. The summed E-state index contributed by atoms with van der Waals surface area (Å²) in [6, 6.07) is 9.96. The van der Waals surface area contributed by atoms with Gasteiger partial charge in [-0.05, 0) is 30.4 Å². The second kappa shape index (κ2) is 8.63. The van der Waals surface area contributed by atoms with E-state index in [1.165, 1.54) is 0 Å². The Morgan fingerprint density at radius 3 is 2.42 bits per heavy atom. The Bertz CT molecular complexity index is 1050. The smallest absolute Gasteiger partial charge is 0.253 e. The third kappa shape index (κ3) is 3.76. The van der Waals surface area contributed by atoms with E-state index in [1.807, 2.05) is 0 Å². The van der Waals surface area contributed by atoms with Crippen molar-refractivity contribution in [2.75, 3.05) is 18.5 Å². The highest BCUT2D eigenvalue weighted by Gasteiger charge is 2.34. The third-order valence-corrected chi connectivity index (χ3v) is 6.77. The van der Waals surface area contributed by atoms with E-state index < -0.39 is 0 Å². The second-order valence-corrected chi connectivity index (χ2v) is 8.61. The van der Waals surface area contributed by atoms with Gasteiger partial charge in [0.1, 0.15) is 0 Å². The quantitative estimate of drug-likeness (QED) is 0.588. The number of aliphatic hydroxyl groups excluding tert-OH is 1. The van der Waals surface area contributed by atoms with E-state index in [1.54, 1.807) is 36.4 Å². The molecule has 0 spiro atoms. The van der Waals surface area contributed by atoms with Crippen molar-refractivity contribution in [3.05, 3.63) is 64.2 Å². The molecule has 4 rings (SSSR count). The number of rotatable bonds is 5. The number of aliphatic hydroxyl groups is 1. The van der Waals surface area contributed by atoms with Crippen molar-refractivity contribution in [3.63, 3.8) is 0 Å². The van der Waals surface area contributed by atoms with Gasteiger partial charge in [-0.3, -0.25) is 14.4 Å². The molecule has 2 aromatic carbocycles. The summed E-state index contributed by atoms with van der Waals surface area (Å²) in [4.78, 5) is 39.6. The first-order valence-electron chi connectivity index (χ1n) is 10.9. The minimum Gasteiger partial charge on any atom is -0.395 e. The van der Waals surface area contributed by atoms with E-state index in [0.717, 1.165) is 19.3 Å². The number of amides is 1. The van der Waals surface area contributed by atoms with E-state index in [0.29, 0.717) is 34.2 Å². The molecule has 2 aromatic rings. The number of hydrogen-bond acceptors (Lipinski definition) is 5. The molecule has 0 bridgehead atoms. The molecular weight excluding hydrogens is 392 g/mol. The summed E-state index contributed by atoms with van der Waals surface area (Å²) in [5, 5.41) is 15.5. The summed E-state index contributed by atoms with van der Waals surface area (Å²) in [6.07, 6.45) is 3.15. The van der Waals surface area contributed by atoms with Crippen LogP contribution in [0.5, 0.6) is 0 Å². The number of benzene rings is 2. The Balaban J connectivity index is 1.75. The molecule has 2 aliphatic rings. The SMILES string of the molecule is C[C@H]1[C@@H](C)CCC[C@H]1NC(=O)c1ccc2c(c1NCCO)C(=O)c1ccccc1C2=O. The van der Waals surface area contributed by atoms with E-state index in [-0.39, 0.29) is 47.8 Å². The van der Waals surface area contributed by atoms with Gasteiger partial charge in [0, 0.05) is 29.3 Å². The van der Waals surface area contributed by atoms with Crippen LogP contribution >= 0.6 is 0 Å². The molecule has 162 valence electrons. The van der Waals surface area contributed by atoms with Gasteiger partial charge in [0.2, 0.25) is 0 Å². The molecule has 1 saturated carbocycles. The van der Waals surface area contributed by atoms with Crippen LogP contribution in [0.1, 0.15) is 75.3 Å². The van der Waals surface area contributed by atoms with Gasteiger partial charge in [0.15, 0.2) is 11.6 Å². The molecule has 1 amide bonds. The molecule has 0 unspecified atom stereocenters. The largest absolute Gasteiger partial charge is 0.395 e. The van der Waals surface area contributed by atoms with Crippen molar-refractivity contribution in [1.29, 1.82) is 0 Å². The van der Waals surface area contributed by atoms with Crippen LogP contribution in [0.15, 0.2) is 36.4 Å². The zero-order valence-corrected chi connectivity index (χ0v) is 17.9. The lowest BCUT2D eigenvalue weighted by atomic mass is 9.78. The summed E-state index contributed by atoms with van der Waals surface area (Å²) < 4.78 is 0. The number of carbonyl (C=O) groups excluding carboxylic acids is 3. The topological polar surface area (TPSA) is 95.5 Å². The number of fused-ring (bicyclic) bond motifs is 2. The third-order valence-electron chi connectivity index (χ3n) is 6.77. The Kier molecular flexibility index (Phi) is 5.92. The van der Waals surface area contributed by atoms with Crippen LogP contribution in [0, 0.1) is 11.8 Å². The van der Waals surface area contributed by atoms with Crippen LogP contribution in [0.2, 0.25) is 0 Å². The maximum Gasteiger partial charge on any atom is 0.253 e. The summed E-state index contributed by atoms with van der Waals surface area (Å²) >= 11 is 0. The van der Waals surface area contributed by atoms with E-state index in [4.69, 9.17) is 0 Å². The Morgan fingerprint density at radius 2 is 1.71 bits per heavy atom. The highest BCUT2D eigenvalue weighted by molar-refractivity contribution is 6.31. The number of anilines is 1. The molecule has 3 atom stereocenters. The van der Waals surface area contributed by atoms with Gasteiger partial charge in [-0.1, -0.05) is 51.0 Å². The highest BCUT2D eigenvalue weighted by Crippen LogP contribution is 2.35. The lowest BCUT2D eigenvalue weighted by Crippen LogP contribution is -2.44. The first-order valence-corrected chi connectivity index (χ1v) is 10.9. The van der Waals surface area contributed by atoms with E-state index >= 15 is 0 Å². The van der Waals surface area contributed by atoms with E-state index in [9.17, 15) is 19.5 Å². The molecule has 0 heterocycles. The number of ketones is 2. The Hall–Kier alpha value is -2.99. The van der Waals surface area contributed by atoms with Gasteiger partial charge >= 0.3 is 0 Å². The lowest BCUT2D eigenvalue weighted by Gasteiger charge is -2.34. The normalized spacial score (nSPS) is 22.5. The van der Waals surface area contributed by atoms with Gasteiger partial charge in [-0.15, -0.1) is 0 Å². The predicted octanol–water partition coefficient (Wildman–Crippen LogP) is 3.42. The zero-order chi connectivity index (χ0) is 22.1. The fraction of sp³-hybridized carbons (Fsp3) is 0.400. The van der Waals surface area contributed by atoms with Crippen LogP contribution in [0.3, 0.4) is 0 Å². The molecule has 6 nitrogen and oxygen atoms in total. The summed E-state index contributed by atoms with van der Waals surface area (Å²) in [5.74, 6) is 0.0942. The van der Waals surface area contributed by atoms with Crippen LogP contribution in [-0.2, 0) is 0 Å². The van der Waals surface area contributed by atoms with Crippen LogP contribution < -0.4 is 10.6 Å². The average Bonchev–Trinajstić information content (AvgIpc) is 2.78. The fourth-order valence-electron chi connectivity index (χ4n) is 4.77. The molecule has 0 aromatic heterocycles. The molecule has 2 aliphatic carbocycles. The first-order chi connectivity index (χ1) is 14.9. The van der Waals surface area contributed by atoms with Gasteiger partial charge in [0.25, 0.3) is 5.91 Å². The van der Waals surface area contributed by atoms with Crippen molar-refractivity contribution in [3.8, 4) is 0 Å². The Labute approximate surface area is 182 Å². The summed E-state index contributed by atoms with van der Waals surface area (Å²) in [6.45, 7) is 4.36. The molecule has 0 saturated heterocycles.